The number of fused-ring (bicyclic) bond motifs is 3. The van der Waals surface area contributed by atoms with Crippen LogP contribution in [0.15, 0.2) is 47.3 Å². The maximum Gasteiger partial charge on any atom is 0.287 e. The van der Waals surface area contributed by atoms with Crippen LogP contribution in [0, 0.1) is 6.92 Å². The highest BCUT2D eigenvalue weighted by Gasteiger charge is 2.29. The van der Waals surface area contributed by atoms with E-state index in [1.165, 1.54) is 5.56 Å². The van der Waals surface area contributed by atoms with Gasteiger partial charge < -0.3 is 9.73 Å². The third-order valence-electron chi connectivity index (χ3n) is 5.16. The number of furan rings is 1. The van der Waals surface area contributed by atoms with E-state index in [4.69, 9.17) is 9.52 Å². The molecular formula is C21H20N6O2. The monoisotopic (exact) mass is 388 g/mol. The number of amides is 1. The summed E-state index contributed by atoms with van der Waals surface area (Å²) in [6.07, 6.45) is 7.17. The van der Waals surface area contributed by atoms with Crippen LogP contribution in [0.4, 0.5) is 0 Å². The van der Waals surface area contributed by atoms with Gasteiger partial charge in [-0.2, -0.15) is 10.2 Å². The Morgan fingerprint density at radius 1 is 1.28 bits per heavy atom. The average Bonchev–Trinajstić information content (AvgIpc) is 3.45. The molecule has 0 saturated heterocycles. The van der Waals surface area contributed by atoms with Gasteiger partial charge in [-0.1, -0.05) is 6.07 Å². The van der Waals surface area contributed by atoms with Gasteiger partial charge in [0.2, 0.25) is 0 Å². The molecule has 4 aromatic rings. The van der Waals surface area contributed by atoms with E-state index in [1.807, 2.05) is 35.9 Å². The zero-order valence-corrected chi connectivity index (χ0v) is 16.0. The highest BCUT2D eigenvalue weighted by Crippen LogP contribution is 2.38. The fourth-order valence-corrected chi connectivity index (χ4v) is 3.76. The summed E-state index contributed by atoms with van der Waals surface area (Å²) in [7, 11) is 0. The van der Waals surface area contributed by atoms with Crippen LogP contribution >= 0.6 is 0 Å². The summed E-state index contributed by atoms with van der Waals surface area (Å²) in [5, 5.41) is 14.4. The first-order chi connectivity index (χ1) is 14.2. The minimum atomic E-state index is -0.241. The van der Waals surface area contributed by atoms with E-state index in [-0.39, 0.29) is 5.91 Å². The fourth-order valence-electron chi connectivity index (χ4n) is 3.76. The van der Waals surface area contributed by atoms with Crippen LogP contribution in [-0.4, -0.2) is 30.9 Å². The molecule has 1 aliphatic rings. The summed E-state index contributed by atoms with van der Waals surface area (Å²) < 4.78 is 7.86. The molecule has 0 spiro atoms. The van der Waals surface area contributed by atoms with Gasteiger partial charge in [0.05, 0.1) is 30.2 Å². The minimum absolute atomic E-state index is 0.241. The Morgan fingerprint density at radius 3 is 3.00 bits per heavy atom. The third kappa shape index (κ3) is 3.22. The lowest BCUT2D eigenvalue weighted by Gasteiger charge is -2.09. The Hall–Kier alpha value is -3.68. The summed E-state index contributed by atoms with van der Waals surface area (Å²) in [4.78, 5) is 17.0. The van der Waals surface area contributed by atoms with Gasteiger partial charge in [-0.05, 0) is 37.1 Å². The summed E-state index contributed by atoms with van der Waals surface area (Å²) in [5.74, 6) is 0.926. The van der Waals surface area contributed by atoms with Gasteiger partial charge >= 0.3 is 0 Å². The van der Waals surface area contributed by atoms with E-state index in [1.54, 1.807) is 12.4 Å². The topological polar surface area (TPSA) is 102 Å². The van der Waals surface area contributed by atoms with Crippen molar-refractivity contribution in [3.8, 4) is 11.3 Å². The number of hydrogen-bond donors (Lipinski definition) is 2. The quantitative estimate of drug-likeness (QED) is 0.547. The Labute approximate surface area is 167 Å². The zero-order chi connectivity index (χ0) is 19.8. The number of nitrogens with one attached hydrogen (secondary N) is 2. The number of aromatic nitrogens is 5. The van der Waals surface area contributed by atoms with Crippen molar-refractivity contribution >= 4 is 5.91 Å². The predicted molar refractivity (Wildman–Crippen MR) is 105 cm³/mol. The van der Waals surface area contributed by atoms with Crippen molar-refractivity contribution in [1.29, 1.82) is 0 Å². The number of rotatable bonds is 5. The molecule has 8 nitrogen and oxygen atoms in total. The maximum atomic E-state index is 12.7. The molecule has 4 heterocycles. The van der Waals surface area contributed by atoms with Crippen molar-refractivity contribution in [2.24, 2.45) is 0 Å². The van der Waals surface area contributed by atoms with Crippen molar-refractivity contribution in [3.05, 3.63) is 76.9 Å². The van der Waals surface area contributed by atoms with Gasteiger partial charge in [-0.15, -0.1) is 0 Å². The molecule has 0 fully saturated rings. The normalized spacial score (nSPS) is 12.4. The Balaban J connectivity index is 1.41. The number of nitrogens with zero attached hydrogens (tertiary/aromatic N) is 4. The first kappa shape index (κ1) is 17.4. The molecule has 29 heavy (non-hydrogen) atoms. The molecule has 0 bridgehead atoms. The van der Waals surface area contributed by atoms with Crippen molar-refractivity contribution in [2.75, 3.05) is 0 Å². The highest BCUT2D eigenvalue weighted by atomic mass is 16.4. The van der Waals surface area contributed by atoms with Crippen molar-refractivity contribution in [2.45, 2.75) is 32.9 Å². The molecular weight excluding hydrogens is 368 g/mol. The summed E-state index contributed by atoms with van der Waals surface area (Å²) in [6.45, 7) is 2.87. The molecule has 0 atom stereocenters. The maximum absolute atomic E-state index is 12.7. The van der Waals surface area contributed by atoms with Crippen LogP contribution in [0.2, 0.25) is 0 Å². The van der Waals surface area contributed by atoms with Crippen LogP contribution in [-0.2, 0) is 25.9 Å². The SMILES string of the molecule is Cc1c(C(=O)NCc2cc[nH]n2)oc2c1-c1nn(Cc3ccccn3)cc1CC2. The van der Waals surface area contributed by atoms with Crippen LogP contribution in [0.5, 0.6) is 0 Å². The van der Waals surface area contributed by atoms with Gasteiger partial charge in [0.15, 0.2) is 5.76 Å². The second kappa shape index (κ2) is 7.05. The lowest BCUT2D eigenvalue weighted by atomic mass is 9.93. The van der Waals surface area contributed by atoms with Crippen molar-refractivity contribution in [3.63, 3.8) is 0 Å². The largest absolute Gasteiger partial charge is 0.455 e. The first-order valence-electron chi connectivity index (χ1n) is 9.55. The Bertz CT molecular complexity index is 1160. The third-order valence-corrected chi connectivity index (χ3v) is 5.16. The molecule has 0 saturated carbocycles. The lowest BCUT2D eigenvalue weighted by Crippen LogP contribution is -2.23. The zero-order valence-electron chi connectivity index (χ0n) is 16.0. The average molecular weight is 388 g/mol. The highest BCUT2D eigenvalue weighted by molar-refractivity contribution is 5.95. The predicted octanol–water partition coefficient (Wildman–Crippen LogP) is 2.65. The smallest absolute Gasteiger partial charge is 0.287 e. The van der Waals surface area contributed by atoms with E-state index in [0.29, 0.717) is 18.8 Å². The molecule has 0 aliphatic heterocycles. The standard InChI is InChI=1S/C21H20N6O2/c1-13-18-17(29-20(13)21(28)23-10-15-7-9-24-25-15)6-5-14-11-27(26-19(14)18)12-16-4-2-3-8-22-16/h2-4,7-9,11H,5-6,10,12H2,1H3,(H,23,28)(H,24,25). The van der Waals surface area contributed by atoms with E-state index in [0.717, 1.165) is 46.8 Å². The number of pyridine rings is 1. The Morgan fingerprint density at radius 2 is 2.21 bits per heavy atom. The number of H-pyrrole nitrogens is 1. The number of carbonyl (C=O) groups excluding carboxylic acids is 1. The van der Waals surface area contributed by atoms with Gasteiger partial charge in [0, 0.05) is 36.1 Å². The van der Waals surface area contributed by atoms with E-state index >= 15 is 0 Å². The molecule has 1 amide bonds. The molecule has 0 aromatic carbocycles. The van der Waals surface area contributed by atoms with Crippen LogP contribution in [0.3, 0.4) is 0 Å². The molecule has 0 unspecified atom stereocenters. The van der Waals surface area contributed by atoms with Gasteiger partial charge in [0.1, 0.15) is 5.76 Å². The number of carbonyl (C=O) groups is 1. The number of aromatic amines is 1. The van der Waals surface area contributed by atoms with Gasteiger partial charge in [-0.25, -0.2) is 0 Å². The van der Waals surface area contributed by atoms with Crippen molar-refractivity contribution < 1.29 is 9.21 Å². The van der Waals surface area contributed by atoms with E-state index in [2.05, 4.69) is 26.7 Å². The Kier molecular flexibility index (Phi) is 4.23. The summed E-state index contributed by atoms with van der Waals surface area (Å²) in [5.41, 5.74) is 5.55. The molecule has 1 aliphatic carbocycles. The summed E-state index contributed by atoms with van der Waals surface area (Å²) >= 11 is 0. The van der Waals surface area contributed by atoms with Gasteiger partial charge in [0.25, 0.3) is 5.91 Å². The molecule has 0 radical (unpaired) electrons. The van der Waals surface area contributed by atoms with E-state index in [9.17, 15) is 4.79 Å². The van der Waals surface area contributed by atoms with E-state index < -0.39 is 0 Å². The second-order valence-electron chi connectivity index (χ2n) is 7.12. The fraction of sp³-hybridized carbons (Fsp3) is 0.238. The lowest BCUT2D eigenvalue weighted by molar-refractivity contribution is 0.0920. The molecule has 8 heteroatoms. The molecule has 5 rings (SSSR count). The van der Waals surface area contributed by atoms with Crippen LogP contribution in [0.25, 0.3) is 11.3 Å². The molecule has 146 valence electrons. The minimum Gasteiger partial charge on any atom is -0.455 e. The second-order valence-corrected chi connectivity index (χ2v) is 7.12. The first-order valence-corrected chi connectivity index (χ1v) is 9.55. The number of hydrogen-bond acceptors (Lipinski definition) is 5. The van der Waals surface area contributed by atoms with Gasteiger partial charge in [-0.3, -0.25) is 19.6 Å². The van der Waals surface area contributed by atoms with Crippen LogP contribution in [0.1, 0.15) is 38.8 Å². The van der Waals surface area contributed by atoms with Crippen molar-refractivity contribution in [1.82, 2.24) is 30.3 Å². The summed E-state index contributed by atoms with van der Waals surface area (Å²) in [6, 6.07) is 7.67. The molecule has 4 aromatic heterocycles. The van der Waals surface area contributed by atoms with Crippen LogP contribution < -0.4 is 5.32 Å². The number of aryl methyl sites for hydroxylation is 2. The molecule has 2 N–H and O–H groups in total.